The van der Waals surface area contributed by atoms with Crippen LogP contribution < -0.4 is 5.32 Å². The molecular formula is C11H14N2. The highest BCUT2D eigenvalue weighted by Crippen LogP contribution is 2.09. The number of hydrogen-bond donors (Lipinski definition) is 1. The van der Waals surface area contributed by atoms with Gasteiger partial charge in [0, 0.05) is 6.04 Å². The van der Waals surface area contributed by atoms with Crippen molar-refractivity contribution in [2.24, 2.45) is 0 Å². The first kappa shape index (κ1) is 9.76. The van der Waals surface area contributed by atoms with Crippen LogP contribution in [0, 0.1) is 11.3 Å². The Labute approximate surface area is 79.2 Å². The van der Waals surface area contributed by atoms with Crippen LogP contribution in [0.2, 0.25) is 0 Å². The van der Waals surface area contributed by atoms with Gasteiger partial charge in [0.15, 0.2) is 0 Å². The largest absolute Gasteiger partial charge is 0.317 e. The van der Waals surface area contributed by atoms with E-state index in [1.165, 1.54) is 0 Å². The Morgan fingerprint density at radius 1 is 1.46 bits per heavy atom. The Morgan fingerprint density at radius 2 is 2.15 bits per heavy atom. The van der Waals surface area contributed by atoms with E-state index in [-0.39, 0.29) is 0 Å². The van der Waals surface area contributed by atoms with Crippen molar-refractivity contribution in [2.75, 3.05) is 7.05 Å². The van der Waals surface area contributed by atoms with Crippen LogP contribution in [0.15, 0.2) is 24.3 Å². The van der Waals surface area contributed by atoms with Crippen molar-refractivity contribution < 1.29 is 0 Å². The van der Waals surface area contributed by atoms with Crippen molar-refractivity contribution >= 4 is 0 Å². The number of nitriles is 1. The summed E-state index contributed by atoms with van der Waals surface area (Å²) in [5, 5.41) is 12.0. The SMILES string of the molecule is CNC(C)Cc1ccccc1C#N. The molecule has 0 aliphatic heterocycles. The van der Waals surface area contributed by atoms with Crippen LogP contribution in [0.4, 0.5) is 0 Å². The normalized spacial score (nSPS) is 12.1. The second kappa shape index (κ2) is 4.64. The van der Waals surface area contributed by atoms with Crippen molar-refractivity contribution in [3.8, 4) is 6.07 Å². The third kappa shape index (κ3) is 2.57. The number of benzene rings is 1. The van der Waals surface area contributed by atoms with E-state index in [0.717, 1.165) is 17.5 Å². The molecule has 2 nitrogen and oxygen atoms in total. The summed E-state index contributed by atoms with van der Waals surface area (Å²) in [6, 6.07) is 10.3. The smallest absolute Gasteiger partial charge is 0.0994 e. The van der Waals surface area contributed by atoms with Crippen molar-refractivity contribution in [1.82, 2.24) is 5.32 Å². The minimum atomic E-state index is 0.412. The standard InChI is InChI=1S/C11H14N2/c1-9(13-2)7-10-5-3-4-6-11(10)8-12/h3-6,9,13H,7H2,1-2H3. The Balaban J connectivity index is 2.82. The van der Waals surface area contributed by atoms with Crippen LogP contribution in [0.3, 0.4) is 0 Å². The second-order valence-electron chi connectivity index (χ2n) is 3.16. The zero-order valence-electron chi connectivity index (χ0n) is 8.04. The van der Waals surface area contributed by atoms with Gasteiger partial charge in [-0.15, -0.1) is 0 Å². The van der Waals surface area contributed by atoms with Crippen LogP contribution in [-0.4, -0.2) is 13.1 Å². The highest BCUT2D eigenvalue weighted by atomic mass is 14.8. The summed E-state index contributed by atoms with van der Waals surface area (Å²) in [4.78, 5) is 0. The van der Waals surface area contributed by atoms with Crippen molar-refractivity contribution in [3.63, 3.8) is 0 Å². The molecule has 0 aromatic heterocycles. The lowest BCUT2D eigenvalue weighted by molar-refractivity contribution is 0.608. The van der Waals surface area contributed by atoms with Crippen LogP contribution in [0.1, 0.15) is 18.1 Å². The molecule has 1 aromatic rings. The quantitative estimate of drug-likeness (QED) is 0.757. The molecule has 0 saturated carbocycles. The zero-order chi connectivity index (χ0) is 9.68. The van der Waals surface area contributed by atoms with Gasteiger partial charge in [-0.3, -0.25) is 0 Å². The molecular weight excluding hydrogens is 160 g/mol. The molecule has 2 heteroatoms. The van der Waals surface area contributed by atoms with Crippen molar-refractivity contribution in [2.45, 2.75) is 19.4 Å². The zero-order valence-corrected chi connectivity index (χ0v) is 8.04. The molecule has 13 heavy (non-hydrogen) atoms. The van der Waals surface area contributed by atoms with E-state index < -0.39 is 0 Å². The van der Waals surface area contributed by atoms with Gasteiger partial charge in [-0.25, -0.2) is 0 Å². The van der Waals surface area contributed by atoms with Gasteiger partial charge in [-0.05, 0) is 32.0 Å². The summed E-state index contributed by atoms with van der Waals surface area (Å²) in [7, 11) is 1.93. The maximum atomic E-state index is 8.83. The van der Waals surface area contributed by atoms with Crippen molar-refractivity contribution in [1.29, 1.82) is 5.26 Å². The molecule has 0 aliphatic rings. The predicted molar refractivity (Wildman–Crippen MR) is 53.4 cm³/mol. The summed E-state index contributed by atoms with van der Waals surface area (Å²) in [6.07, 6.45) is 0.903. The van der Waals surface area contributed by atoms with Crippen LogP contribution in [0.5, 0.6) is 0 Å². The number of likely N-dealkylation sites (N-methyl/N-ethyl adjacent to an activating group) is 1. The molecule has 0 bridgehead atoms. The van der Waals surface area contributed by atoms with Gasteiger partial charge in [-0.1, -0.05) is 18.2 Å². The fourth-order valence-corrected chi connectivity index (χ4v) is 1.24. The summed E-state index contributed by atoms with van der Waals surface area (Å²) in [5.41, 5.74) is 1.90. The average Bonchev–Trinajstić information content (AvgIpc) is 2.18. The molecule has 1 atom stereocenters. The van der Waals surface area contributed by atoms with Gasteiger partial charge in [-0.2, -0.15) is 5.26 Å². The van der Waals surface area contributed by atoms with Gasteiger partial charge < -0.3 is 5.32 Å². The molecule has 68 valence electrons. The molecule has 1 unspecified atom stereocenters. The summed E-state index contributed by atoms with van der Waals surface area (Å²) in [5.74, 6) is 0. The van der Waals surface area contributed by atoms with E-state index in [1.54, 1.807) is 0 Å². The van der Waals surface area contributed by atoms with Crippen LogP contribution in [-0.2, 0) is 6.42 Å². The Morgan fingerprint density at radius 3 is 2.77 bits per heavy atom. The number of nitrogens with one attached hydrogen (secondary N) is 1. The molecule has 0 amide bonds. The van der Waals surface area contributed by atoms with Gasteiger partial charge in [0.05, 0.1) is 11.6 Å². The maximum absolute atomic E-state index is 8.83. The fourth-order valence-electron chi connectivity index (χ4n) is 1.24. The molecule has 0 saturated heterocycles. The van der Waals surface area contributed by atoms with Gasteiger partial charge >= 0.3 is 0 Å². The molecule has 0 aliphatic carbocycles. The maximum Gasteiger partial charge on any atom is 0.0994 e. The summed E-state index contributed by atoms with van der Waals surface area (Å²) >= 11 is 0. The van der Waals surface area contributed by atoms with E-state index in [0.29, 0.717) is 6.04 Å². The molecule has 1 N–H and O–H groups in total. The fraction of sp³-hybridized carbons (Fsp3) is 0.364. The molecule has 0 radical (unpaired) electrons. The highest BCUT2D eigenvalue weighted by Gasteiger charge is 2.04. The first-order valence-electron chi connectivity index (χ1n) is 4.43. The lowest BCUT2D eigenvalue weighted by atomic mass is 10.0. The predicted octanol–water partition coefficient (Wildman–Crippen LogP) is 1.71. The number of nitrogens with zero attached hydrogens (tertiary/aromatic N) is 1. The summed E-state index contributed by atoms with van der Waals surface area (Å²) in [6.45, 7) is 2.11. The van der Waals surface area contributed by atoms with Crippen LogP contribution in [0.25, 0.3) is 0 Å². The Hall–Kier alpha value is -1.33. The van der Waals surface area contributed by atoms with E-state index in [2.05, 4.69) is 18.3 Å². The third-order valence-corrected chi connectivity index (χ3v) is 2.16. The first-order valence-corrected chi connectivity index (χ1v) is 4.43. The number of rotatable bonds is 3. The van der Waals surface area contributed by atoms with E-state index in [1.807, 2.05) is 31.3 Å². The Bertz CT molecular complexity index is 312. The van der Waals surface area contributed by atoms with Crippen molar-refractivity contribution in [3.05, 3.63) is 35.4 Å². The van der Waals surface area contributed by atoms with Gasteiger partial charge in [0.25, 0.3) is 0 Å². The topological polar surface area (TPSA) is 35.8 Å². The average molecular weight is 174 g/mol. The third-order valence-electron chi connectivity index (χ3n) is 2.16. The van der Waals surface area contributed by atoms with Gasteiger partial charge in [0.1, 0.15) is 0 Å². The minimum Gasteiger partial charge on any atom is -0.317 e. The monoisotopic (exact) mass is 174 g/mol. The second-order valence-corrected chi connectivity index (χ2v) is 3.16. The first-order chi connectivity index (χ1) is 6.27. The molecule has 1 rings (SSSR count). The summed E-state index contributed by atoms with van der Waals surface area (Å²) < 4.78 is 0. The Kier molecular flexibility index (Phi) is 3.48. The van der Waals surface area contributed by atoms with E-state index in [9.17, 15) is 0 Å². The molecule has 0 heterocycles. The molecule has 0 fully saturated rings. The van der Waals surface area contributed by atoms with E-state index in [4.69, 9.17) is 5.26 Å². The number of hydrogen-bond acceptors (Lipinski definition) is 2. The van der Waals surface area contributed by atoms with Crippen LogP contribution >= 0.6 is 0 Å². The molecule has 1 aromatic carbocycles. The van der Waals surface area contributed by atoms with E-state index >= 15 is 0 Å². The lowest BCUT2D eigenvalue weighted by Gasteiger charge is -2.10. The highest BCUT2D eigenvalue weighted by molar-refractivity contribution is 5.37. The molecule has 0 spiro atoms. The minimum absolute atomic E-state index is 0.412. The lowest BCUT2D eigenvalue weighted by Crippen LogP contribution is -2.23. The van der Waals surface area contributed by atoms with Gasteiger partial charge in [0.2, 0.25) is 0 Å².